The van der Waals surface area contributed by atoms with Crippen molar-refractivity contribution in [3.63, 3.8) is 0 Å². The molecule has 0 bridgehead atoms. The third kappa shape index (κ3) is 4.98. The minimum atomic E-state index is -4.54. The van der Waals surface area contributed by atoms with Crippen LogP contribution in [0.2, 0.25) is 0 Å². The Kier molecular flexibility index (Phi) is 6.25. The minimum Gasteiger partial charge on any atom is -0.489 e. The molecule has 0 aliphatic rings. The van der Waals surface area contributed by atoms with E-state index in [2.05, 4.69) is 10.5 Å². The van der Waals surface area contributed by atoms with Crippen LogP contribution in [-0.4, -0.2) is 31.4 Å². The van der Waals surface area contributed by atoms with Crippen molar-refractivity contribution >= 4 is 11.6 Å². The van der Waals surface area contributed by atoms with Crippen molar-refractivity contribution < 1.29 is 32.0 Å². The van der Waals surface area contributed by atoms with E-state index in [-0.39, 0.29) is 31.1 Å². The van der Waals surface area contributed by atoms with Crippen molar-refractivity contribution in [2.45, 2.75) is 26.4 Å². The topological polar surface area (TPSA) is 73.6 Å². The molecule has 9 heteroatoms. The van der Waals surface area contributed by atoms with Gasteiger partial charge in [-0.3, -0.25) is 4.79 Å². The molecule has 0 spiro atoms. The zero-order chi connectivity index (χ0) is 19.3. The van der Waals surface area contributed by atoms with E-state index in [1.165, 1.54) is 13.2 Å². The molecule has 0 saturated carbocycles. The van der Waals surface area contributed by atoms with Gasteiger partial charge in [-0.15, -0.1) is 0 Å². The monoisotopic (exact) mass is 372 g/mol. The summed E-state index contributed by atoms with van der Waals surface area (Å²) in [6, 6.07) is 2.91. The molecular formula is C17H19F3N2O4. The first-order chi connectivity index (χ1) is 12.2. The molecule has 2 rings (SSSR count). The zero-order valence-corrected chi connectivity index (χ0v) is 14.6. The van der Waals surface area contributed by atoms with Crippen LogP contribution in [0.25, 0.3) is 0 Å². The third-order valence-corrected chi connectivity index (χ3v) is 3.64. The van der Waals surface area contributed by atoms with Crippen LogP contribution < -0.4 is 10.1 Å². The number of methoxy groups -OCH3 is 1. The molecule has 0 radical (unpaired) electrons. The molecule has 0 aliphatic carbocycles. The molecule has 0 atom stereocenters. The highest BCUT2D eigenvalue weighted by Gasteiger charge is 2.31. The predicted molar refractivity (Wildman–Crippen MR) is 87.1 cm³/mol. The molecule has 2 aromatic rings. The van der Waals surface area contributed by atoms with Gasteiger partial charge in [0.2, 0.25) is 5.91 Å². The lowest BCUT2D eigenvalue weighted by Gasteiger charge is -2.15. The first-order valence-electron chi connectivity index (χ1n) is 7.77. The van der Waals surface area contributed by atoms with Crippen molar-refractivity contribution in [1.29, 1.82) is 0 Å². The summed E-state index contributed by atoms with van der Waals surface area (Å²) in [4.78, 5) is 12.3. The second kappa shape index (κ2) is 8.22. The number of nitrogens with one attached hydrogen (secondary N) is 1. The Hall–Kier alpha value is -2.55. The number of alkyl halides is 3. The van der Waals surface area contributed by atoms with E-state index < -0.39 is 17.6 Å². The Morgan fingerprint density at radius 2 is 2.00 bits per heavy atom. The maximum absolute atomic E-state index is 13.0. The number of aromatic nitrogens is 1. The van der Waals surface area contributed by atoms with Crippen LogP contribution in [0, 0.1) is 13.8 Å². The van der Waals surface area contributed by atoms with Gasteiger partial charge in [-0.05, 0) is 32.0 Å². The summed E-state index contributed by atoms with van der Waals surface area (Å²) in [5.41, 5.74) is 0.200. The summed E-state index contributed by atoms with van der Waals surface area (Å²) < 4.78 is 54.1. The van der Waals surface area contributed by atoms with Gasteiger partial charge in [-0.2, -0.15) is 13.2 Å². The van der Waals surface area contributed by atoms with Gasteiger partial charge in [-0.1, -0.05) is 5.16 Å². The number of hydrogen-bond acceptors (Lipinski definition) is 5. The fourth-order valence-corrected chi connectivity index (χ4v) is 2.27. The van der Waals surface area contributed by atoms with Gasteiger partial charge in [-0.25, -0.2) is 0 Å². The fourth-order valence-electron chi connectivity index (χ4n) is 2.27. The number of aryl methyl sites for hydroxylation is 2. The number of carbonyl (C=O) groups excluding carboxylic acids is 1. The fraction of sp³-hybridized carbons (Fsp3) is 0.412. The molecule has 26 heavy (non-hydrogen) atoms. The second-order valence-electron chi connectivity index (χ2n) is 5.58. The van der Waals surface area contributed by atoms with Gasteiger partial charge >= 0.3 is 6.18 Å². The number of benzene rings is 1. The maximum atomic E-state index is 13.0. The van der Waals surface area contributed by atoms with Crippen molar-refractivity contribution in [2.24, 2.45) is 0 Å². The summed E-state index contributed by atoms with van der Waals surface area (Å²) in [5.74, 6) is 0.107. The van der Waals surface area contributed by atoms with Crippen molar-refractivity contribution in [3.05, 3.63) is 40.8 Å². The first-order valence-corrected chi connectivity index (χ1v) is 7.77. The highest BCUT2D eigenvalue weighted by atomic mass is 19.4. The molecule has 1 amide bonds. The lowest BCUT2D eigenvalue weighted by Crippen LogP contribution is -2.17. The lowest BCUT2D eigenvalue weighted by molar-refractivity contribution is -0.137. The van der Waals surface area contributed by atoms with Crippen LogP contribution in [0.3, 0.4) is 0 Å². The van der Waals surface area contributed by atoms with Crippen LogP contribution >= 0.6 is 0 Å². The van der Waals surface area contributed by atoms with E-state index in [9.17, 15) is 18.0 Å². The van der Waals surface area contributed by atoms with E-state index in [0.717, 1.165) is 12.1 Å². The Balaban J connectivity index is 2.22. The van der Waals surface area contributed by atoms with Crippen LogP contribution in [0.1, 0.15) is 22.6 Å². The molecule has 1 N–H and O–H groups in total. The number of hydrogen-bond donors (Lipinski definition) is 1. The third-order valence-electron chi connectivity index (χ3n) is 3.64. The molecule has 0 saturated heterocycles. The lowest BCUT2D eigenvalue weighted by atomic mass is 10.1. The van der Waals surface area contributed by atoms with Crippen molar-refractivity contribution in [1.82, 2.24) is 5.16 Å². The smallest absolute Gasteiger partial charge is 0.416 e. The van der Waals surface area contributed by atoms with Crippen LogP contribution in [0.15, 0.2) is 22.7 Å². The highest BCUT2D eigenvalue weighted by molar-refractivity contribution is 5.94. The van der Waals surface area contributed by atoms with Crippen LogP contribution in [0.5, 0.6) is 5.75 Å². The number of nitrogens with zero attached hydrogens (tertiary/aromatic N) is 1. The van der Waals surface area contributed by atoms with Gasteiger partial charge in [0.15, 0.2) is 0 Å². The largest absolute Gasteiger partial charge is 0.489 e. The van der Waals surface area contributed by atoms with Gasteiger partial charge in [0.25, 0.3) is 0 Å². The molecule has 1 aromatic carbocycles. The second-order valence-corrected chi connectivity index (χ2v) is 5.58. The first kappa shape index (κ1) is 19.8. The average Bonchev–Trinajstić information content (AvgIpc) is 2.87. The van der Waals surface area contributed by atoms with Crippen molar-refractivity contribution in [3.8, 4) is 5.75 Å². The Morgan fingerprint density at radius 1 is 1.27 bits per heavy atom. The number of rotatable bonds is 7. The molecule has 1 heterocycles. The molecule has 0 fully saturated rings. The highest BCUT2D eigenvalue weighted by Crippen LogP contribution is 2.35. The predicted octanol–water partition coefficient (Wildman–Crippen LogP) is 3.52. The Bertz CT molecular complexity index is 752. The summed E-state index contributed by atoms with van der Waals surface area (Å²) in [6.07, 6.45) is -4.61. The molecule has 0 unspecified atom stereocenters. The number of anilines is 1. The number of halogens is 3. The van der Waals surface area contributed by atoms with E-state index in [4.69, 9.17) is 14.0 Å². The summed E-state index contributed by atoms with van der Waals surface area (Å²) in [7, 11) is 1.47. The standard InChI is InChI=1S/C17H19F3N2O4/c1-10-13(11(2)26-22-10)9-16(23)21-14-8-12(17(18,19)20)4-5-15(14)25-7-6-24-3/h4-5,8H,6-7,9H2,1-3H3,(H,21,23). The minimum absolute atomic E-state index is 0.0623. The number of carbonyl (C=O) groups is 1. The summed E-state index contributed by atoms with van der Waals surface area (Å²) in [6.45, 7) is 3.73. The Morgan fingerprint density at radius 3 is 2.58 bits per heavy atom. The van der Waals surface area contributed by atoms with Crippen molar-refractivity contribution in [2.75, 3.05) is 25.6 Å². The maximum Gasteiger partial charge on any atom is 0.416 e. The molecular weight excluding hydrogens is 353 g/mol. The van der Waals surface area contributed by atoms with E-state index in [1.807, 2.05) is 0 Å². The van der Waals surface area contributed by atoms with Gasteiger partial charge < -0.3 is 19.3 Å². The number of ether oxygens (including phenoxy) is 2. The van der Waals surface area contributed by atoms with E-state index in [0.29, 0.717) is 17.0 Å². The summed E-state index contributed by atoms with van der Waals surface area (Å²) >= 11 is 0. The normalized spacial score (nSPS) is 11.5. The zero-order valence-electron chi connectivity index (χ0n) is 14.6. The Labute approximate surface area is 148 Å². The van der Waals surface area contributed by atoms with Gasteiger partial charge in [0, 0.05) is 12.7 Å². The van der Waals surface area contributed by atoms with E-state index >= 15 is 0 Å². The quantitative estimate of drug-likeness (QED) is 0.753. The average molecular weight is 372 g/mol. The molecule has 6 nitrogen and oxygen atoms in total. The molecule has 0 aliphatic heterocycles. The van der Waals surface area contributed by atoms with Gasteiger partial charge in [0.1, 0.15) is 18.1 Å². The number of amides is 1. The molecule has 142 valence electrons. The molecule has 1 aromatic heterocycles. The van der Waals surface area contributed by atoms with E-state index in [1.54, 1.807) is 13.8 Å². The summed E-state index contributed by atoms with van der Waals surface area (Å²) in [5, 5.41) is 6.22. The van der Waals surface area contributed by atoms with Crippen LogP contribution in [0.4, 0.5) is 18.9 Å². The SMILES string of the molecule is COCCOc1ccc(C(F)(F)F)cc1NC(=O)Cc1c(C)noc1C. The van der Waals surface area contributed by atoms with Crippen LogP contribution in [-0.2, 0) is 22.1 Å². The van der Waals surface area contributed by atoms with Gasteiger partial charge in [0.05, 0.1) is 30.0 Å².